The lowest BCUT2D eigenvalue weighted by Crippen LogP contribution is -2.34. The summed E-state index contributed by atoms with van der Waals surface area (Å²) in [5, 5.41) is 10.8. The van der Waals surface area contributed by atoms with E-state index in [1.165, 1.54) is 7.11 Å². The second-order valence-corrected chi connectivity index (χ2v) is 8.76. The van der Waals surface area contributed by atoms with Crippen LogP contribution in [-0.4, -0.2) is 62.3 Å². The van der Waals surface area contributed by atoms with E-state index in [-0.39, 0.29) is 24.4 Å². The Morgan fingerprint density at radius 1 is 1.15 bits per heavy atom. The summed E-state index contributed by atoms with van der Waals surface area (Å²) in [5.41, 5.74) is 0.859. The van der Waals surface area contributed by atoms with Gasteiger partial charge in [-0.1, -0.05) is 31.2 Å². The molecule has 8 heteroatoms. The number of benzene rings is 1. The molecule has 3 rings (SSSR count). The van der Waals surface area contributed by atoms with Crippen molar-refractivity contribution in [2.75, 3.05) is 21.0 Å². The number of esters is 1. The minimum absolute atomic E-state index is 0.0345. The van der Waals surface area contributed by atoms with E-state index in [9.17, 15) is 9.90 Å². The third-order valence-corrected chi connectivity index (χ3v) is 5.75. The van der Waals surface area contributed by atoms with Crippen LogP contribution < -0.4 is 9.47 Å². The van der Waals surface area contributed by atoms with E-state index in [0.717, 1.165) is 0 Å². The quantitative estimate of drug-likeness (QED) is 0.411. The van der Waals surface area contributed by atoms with Crippen molar-refractivity contribution in [1.82, 2.24) is 0 Å². The monoisotopic (exact) mass is 462 g/mol. The van der Waals surface area contributed by atoms with E-state index in [1.807, 2.05) is 32.9 Å². The number of carbonyl (C=O) groups excluding carboxylic acids is 1. The molecule has 2 aliphatic rings. The van der Waals surface area contributed by atoms with Crippen LogP contribution in [0.5, 0.6) is 11.5 Å². The number of carbonyl (C=O) groups is 1. The van der Waals surface area contributed by atoms with Gasteiger partial charge in [-0.15, -0.1) is 0 Å². The lowest BCUT2D eigenvalue weighted by atomic mass is 9.99. The largest absolute Gasteiger partial charge is 0.497 e. The van der Waals surface area contributed by atoms with Crippen LogP contribution in [0.2, 0.25) is 0 Å². The van der Waals surface area contributed by atoms with Crippen molar-refractivity contribution in [3.63, 3.8) is 0 Å². The Morgan fingerprint density at radius 3 is 2.61 bits per heavy atom. The zero-order valence-electron chi connectivity index (χ0n) is 20.1. The van der Waals surface area contributed by atoms with E-state index < -0.39 is 30.1 Å². The molecule has 1 aromatic rings. The van der Waals surface area contributed by atoms with Crippen molar-refractivity contribution >= 4 is 12.0 Å². The fourth-order valence-corrected chi connectivity index (χ4v) is 3.87. The fourth-order valence-electron chi connectivity index (χ4n) is 3.87. The van der Waals surface area contributed by atoms with Crippen LogP contribution in [0.3, 0.4) is 0 Å². The van der Waals surface area contributed by atoms with E-state index >= 15 is 0 Å². The van der Waals surface area contributed by atoms with Crippen LogP contribution in [0.25, 0.3) is 6.08 Å². The number of rotatable bonds is 4. The van der Waals surface area contributed by atoms with Crippen LogP contribution >= 0.6 is 0 Å². The first-order valence-corrected chi connectivity index (χ1v) is 11.1. The molecule has 0 spiro atoms. The van der Waals surface area contributed by atoms with Gasteiger partial charge in [-0.3, -0.25) is 0 Å². The zero-order valence-corrected chi connectivity index (χ0v) is 20.1. The Kier molecular flexibility index (Phi) is 8.18. The molecule has 0 amide bonds. The highest BCUT2D eigenvalue weighted by atomic mass is 16.8. The maximum Gasteiger partial charge on any atom is 0.342 e. The summed E-state index contributed by atoms with van der Waals surface area (Å²) in [7, 11) is 3.05. The molecular formula is C25H34O8. The normalized spacial score (nSPS) is 31.5. The molecule has 5 atom stereocenters. The van der Waals surface area contributed by atoms with Crippen LogP contribution in [-0.2, 0) is 18.9 Å². The molecule has 0 aliphatic carbocycles. The average Bonchev–Trinajstić information content (AvgIpc) is 3.08. The van der Waals surface area contributed by atoms with Gasteiger partial charge in [0.1, 0.15) is 35.4 Å². The summed E-state index contributed by atoms with van der Waals surface area (Å²) in [6, 6.07) is 3.38. The molecule has 0 saturated carbocycles. The van der Waals surface area contributed by atoms with Crippen molar-refractivity contribution in [3.8, 4) is 11.5 Å². The predicted molar refractivity (Wildman–Crippen MR) is 122 cm³/mol. The summed E-state index contributed by atoms with van der Waals surface area (Å²) in [6.07, 6.45) is 5.44. The van der Waals surface area contributed by atoms with Gasteiger partial charge in [0, 0.05) is 19.1 Å². The van der Waals surface area contributed by atoms with Crippen LogP contribution in [0.4, 0.5) is 0 Å². The first-order valence-electron chi connectivity index (χ1n) is 11.1. The number of fused-ring (bicyclic) bond motifs is 2. The van der Waals surface area contributed by atoms with Crippen LogP contribution in [0.15, 0.2) is 30.4 Å². The second kappa shape index (κ2) is 10.7. The molecule has 8 nitrogen and oxygen atoms in total. The highest BCUT2D eigenvalue weighted by molar-refractivity contribution is 5.97. The van der Waals surface area contributed by atoms with Crippen molar-refractivity contribution in [2.24, 2.45) is 5.92 Å². The van der Waals surface area contributed by atoms with Gasteiger partial charge in [-0.25, -0.2) is 4.79 Å². The highest BCUT2D eigenvalue weighted by Gasteiger charge is 2.43. The summed E-state index contributed by atoms with van der Waals surface area (Å²) in [4.78, 5) is 13.2. The van der Waals surface area contributed by atoms with E-state index in [0.29, 0.717) is 23.5 Å². The van der Waals surface area contributed by atoms with Gasteiger partial charge < -0.3 is 33.5 Å². The van der Waals surface area contributed by atoms with Crippen molar-refractivity contribution in [1.29, 1.82) is 0 Å². The molecule has 2 heterocycles. The third-order valence-electron chi connectivity index (χ3n) is 5.75. The van der Waals surface area contributed by atoms with Crippen LogP contribution in [0, 0.1) is 5.92 Å². The SMILES string of the molecule is COCOc1cc(OC)cc2c1C(=O)O[C@@H](C)[C@H](C)/C=C\C(O)[C@H]1OC(C)(C)O[C@H]1C/C=C/2. The molecule has 1 aromatic carbocycles. The van der Waals surface area contributed by atoms with Gasteiger partial charge in [-0.2, -0.15) is 0 Å². The molecular weight excluding hydrogens is 428 g/mol. The number of ether oxygens (including phenoxy) is 6. The molecule has 33 heavy (non-hydrogen) atoms. The Labute approximate surface area is 195 Å². The number of hydrogen-bond donors (Lipinski definition) is 1. The molecule has 1 fully saturated rings. The summed E-state index contributed by atoms with van der Waals surface area (Å²) in [6.45, 7) is 7.34. The molecule has 1 saturated heterocycles. The fraction of sp³-hybridized carbons (Fsp3) is 0.560. The lowest BCUT2D eigenvalue weighted by Gasteiger charge is -2.23. The standard InChI is InChI=1S/C25H34O8/c1-15-10-11-19(26)23-20(32-25(3,4)33-23)9-7-8-17-12-18(29-6)13-21(30-14-28-5)22(17)24(27)31-16(15)2/h7-8,10-13,15-16,19-20,23,26H,9,14H2,1-6H3/b8-7+,11-10-/t15-,16+,19?,20+,23-/m1/s1. The topological polar surface area (TPSA) is 92.7 Å². The van der Waals surface area contributed by atoms with Gasteiger partial charge in [0.05, 0.1) is 13.2 Å². The summed E-state index contributed by atoms with van der Waals surface area (Å²) in [5.74, 6) is -0.656. The lowest BCUT2D eigenvalue weighted by molar-refractivity contribution is -0.152. The van der Waals surface area contributed by atoms with E-state index in [1.54, 1.807) is 38.3 Å². The molecule has 1 unspecified atom stereocenters. The first kappa shape index (κ1) is 25.2. The predicted octanol–water partition coefficient (Wildman–Crippen LogP) is 3.71. The maximum absolute atomic E-state index is 13.2. The Hall–Kier alpha value is -2.39. The molecule has 2 aliphatic heterocycles. The Bertz CT molecular complexity index is 891. The number of cyclic esters (lactones) is 1. The van der Waals surface area contributed by atoms with Crippen LogP contribution in [0.1, 0.15) is 50.0 Å². The van der Waals surface area contributed by atoms with Gasteiger partial charge in [0.25, 0.3) is 0 Å². The zero-order chi connectivity index (χ0) is 24.2. The Balaban J connectivity index is 2.06. The van der Waals surface area contributed by atoms with Crippen molar-refractivity contribution < 1.29 is 38.3 Å². The van der Waals surface area contributed by atoms with Gasteiger partial charge >= 0.3 is 5.97 Å². The minimum atomic E-state index is -0.861. The number of aliphatic hydroxyl groups excluding tert-OH is 1. The molecule has 1 N–H and O–H groups in total. The van der Waals surface area contributed by atoms with Crippen molar-refractivity contribution in [2.45, 2.75) is 64.3 Å². The average molecular weight is 463 g/mol. The maximum atomic E-state index is 13.2. The van der Waals surface area contributed by atoms with E-state index in [4.69, 9.17) is 28.4 Å². The van der Waals surface area contributed by atoms with Gasteiger partial charge in [0.2, 0.25) is 0 Å². The number of methoxy groups -OCH3 is 2. The second-order valence-electron chi connectivity index (χ2n) is 8.76. The first-order chi connectivity index (χ1) is 15.6. The van der Waals surface area contributed by atoms with Gasteiger partial charge in [-0.05, 0) is 38.8 Å². The third kappa shape index (κ3) is 6.14. The molecule has 0 bridgehead atoms. The van der Waals surface area contributed by atoms with Gasteiger partial charge in [0.15, 0.2) is 12.6 Å². The van der Waals surface area contributed by atoms with E-state index in [2.05, 4.69) is 0 Å². The smallest absolute Gasteiger partial charge is 0.342 e. The minimum Gasteiger partial charge on any atom is -0.497 e. The number of aliphatic hydroxyl groups is 1. The number of hydrogen-bond acceptors (Lipinski definition) is 8. The molecule has 0 aromatic heterocycles. The van der Waals surface area contributed by atoms with Crippen molar-refractivity contribution in [3.05, 3.63) is 41.5 Å². The molecule has 182 valence electrons. The Morgan fingerprint density at radius 2 is 1.91 bits per heavy atom. The summed E-state index contributed by atoms with van der Waals surface area (Å²) < 4.78 is 33.9. The summed E-state index contributed by atoms with van der Waals surface area (Å²) >= 11 is 0. The molecule has 0 radical (unpaired) electrons. The highest BCUT2D eigenvalue weighted by Crippen LogP contribution is 2.35.